The SMILES string of the molecule is COC(=O)c1cccc(CC(O)(C(=O)Nc2ccc(C#N)c(C(F)(F)F)c2)C2CCCCC2)c1. The quantitative estimate of drug-likeness (QED) is 0.583. The normalized spacial score (nSPS) is 16.2. The lowest BCUT2D eigenvalue weighted by atomic mass is 9.73. The molecule has 1 amide bonds. The number of ether oxygens (including phenoxy) is 1. The van der Waals surface area contributed by atoms with Gasteiger partial charge < -0.3 is 15.2 Å². The van der Waals surface area contributed by atoms with Gasteiger partial charge in [-0.25, -0.2) is 4.79 Å². The van der Waals surface area contributed by atoms with E-state index >= 15 is 0 Å². The van der Waals surface area contributed by atoms with E-state index in [-0.39, 0.29) is 17.7 Å². The van der Waals surface area contributed by atoms with Gasteiger partial charge in [0.1, 0.15) is 5.60 Å². The number of alkyl halides is 3. The summed E-state index contributed by atoms with van der Waals surface area (Å²) in [5.74, 6) is -1.81. The van der Waals surface area contributed by atoms with Crippen molar-refractivity contribution in [3.8, 4) is 6.07 Å². The number of aliphatic hydroxyl groups is 1. The van der Waals surface area contributed by atoms with Crippen LogP contribution in [0.3, 0.4) is 0 Å². The van der Waals surface area contributed by atoms with Crippen LogP contribution in [0.4, 0.5) is 18.9 Å². The highest BCUT2D eigenvalue weighted by Crippen LogP contribution is 2.37. The number of nitriles is 1. The first-order valence-electron chi connectivity index (χ1n) is 10.9. The van der Waals surface area contributed by atoms with Crippen LogP contribution in [0.1, 0.15) is 59.2 Å². The number of hydrogen-bond acceptors (Lipinski definition) is 5. The molecule has 0 aromatic heterocycles. The molecule has 1 unspecified atom stereocenters. The predicted molar refractivity (Wildman–Crippen MR) is 118 cm³/mol. The number of amides is 1. The second-order valence-corrected chi connectivity index (χ2v) is 8.45. The molecule has 2 N–H and O–H groups in total. The first-order chi connectivity index (χ1) is 16.1. The van der Waals surface area contributed by atoms with Crippen LogP contribution in [-0.2, 0) is 22.1 Å². The summed E-state index contributed by atoms with van der Waals surface area (Å²) in [5, 5.41) is 23.0. The van der Waals surface area contributed by atoms with Gasteiger partial charge in [-0.05, 0) is 54.7 Å². The summed E-state index contributed by atoms with van der Waals surface area (Å²) in [6, 6.07) is 10.7. The Kier molecular flexibility index (Phi) is 7.62. The molecule has 1 saturated carbocycles. The van der Waals surface area contributed by atoms with Gasteiger partial charge >= 0.3 is 12.1 Å². The Labute approximate surface area is 195 Å². The summed E-state index contributed by atoms with van der Waals surface area (Å²) >= 11 is 0. The van der Waals surface area contributed by atoms with Gasteiger partial charge in [-0.3, -0.25) is 4.79 Å². The van der Waals surface area contributed by atoms with E-state index in [1.54, 1.807) is 18.2 Å². The third-order valence-corrected chi connectivity index (χ3v) is 6.20. The van der Waals surface area contributed by atoms with E-state index in [4.69, 9.17) is 10.00 Å². The van der Waals surface area contributed by atoms with Crippen LogP contribution < -0.4 is 5.32 Å². The number of benzene rings is 2. The molecule has 2 aromatic carbocycles. The highest BCUT2D eigenvalue weighted by molar-refractivity contribution is 5.98. The lowest BCUT2D eigenvalue weighted by Crippen LogP contribution is -2.51. The molecule has 9 heteroatoms. The number of rotatable bonds is 6. The lowest BCUT2D eigenvalue weighted by Gasteiger charge is -2.37. The van der Waals surface area contributed by atoms with Crippen LogP contribution in [0.2, 0.25) is 0 Å². The molecule has 0 bridgehead atoms. The van der Waals surface area contributed by atoms with E-state index in [0.717, 1.165) is 25.3 Å². The number of methoxy groups -OCH3 is 1. The van der Waals surface area contributed by atoms with Gasteiger partial charge in [0, 0.05) is 12.1 Å². The topological polar surface area (TPSA) is 99.4 Å². The zero-order chi connectivity index (χ0) is 24.9. The van der Waals surface area contributed by atoms with Crippen molar-refractivity contribution in [3.63, 3.8) is 0 Å². The summed E-state index contributed by atoms with van der Waals surface area (Å²) in [7, 11) is 1.24. The van der Waals surface area contributed by atoms with E-state index in [1.165, 1.54) is 25.3 Å². The van der Waals surface area contributed by atoms with Gasteiger partial charge in [0.25, 0.3) is 5.91 Å². The van der Waals surface area contributed by atoms with Gasteiger partial charge in [-0.15, -0.1) is 0 Å². The van der Waals surface area contributed by atoms with Crippen molar-refractivity contribution < 1.29 is 32.6 Å². The van der Waals surface area contributed by atoms with Crippen LogP contribution in [0.25, 0.3) is 0 Å². The van der Waals surface area contributed by atoms with Crippen molar-refractivity contribution in [2.75, 3.05) is 12.4 Å². The predicted octanol–water partition coefficient (Wildman–Crippen LogP) is 4.86. The van der Waals surface area contributed by atoms with Crippen molar-refractivity contribution in [3.05, 3.63) is 64.7 Å². The van der Waals surface area contributed by atoms with Gasteiger partial charge in [0.15, 0.2) is 0 Å². The molecule has 1 fully saturated rings. The third kappa shape index (κ3) is 5.57. The number of nitrogens with one attached hydrogen (secondary N) is 1. The average molecular weight is 474 g/mol. The number of hydrogen-bond donors (Lipinski definition) is 2. The molecule has 2 aromatic rings. The van der Waals surface area contributed by atoms with Crippen molar-refractivity contribution >= 4 is 17.6 Å². The van der Waals surface area contributed by atoms with Crippen LogP contribution in [0.5, 0.6) is 0 Å². The molecule has 0 saturated heterocycles. The van der Waals surface area contributed by atoms with Gasteiger partial charge in [-0.1, -0.05) is 31.4 Å². The van der Waals surface area contributed by atoms with E-state index in [0.29, 0.717) is 24.5 Å². The molecular formula is C25H25F3N2O4. The second kappa shape index (κ2) is 10.3. The third-order valence-electron chi connectivity index (χ3n) is 6.20. The summed E-state index contributed by atoms with van der Waals surface area (Å²) in [4.78, 5) is 25.2. The van der Waals surface area contributed by atoms with Crippen molar-refractivity contribution in [1.82, 2.24) is 0 Å². The summed E-state index contributed by atoms with van der Waals surface area (Å²) < 4.78 is 44.8. The molecule has 1 atom stereocenters. The van der Waals surface area contributed by atoms with Gasteiger partial charge in [0.2, 0.25) is 0 Å². The fourth-order valence-corrected chi connectivity index (χ4v) is 4.42. The fraction of sp³-hybridized carbons (Fsp3) is 0.400. The van der Waals surface area contributed by atoms with E-state index in [1.807, 2.05) is 0 Å². The Morgan fingerprint density at radius 1 is 1.15 bits per heavy atom. The summed E-state index contributed by atoms with van der Waals surface area (Å²) in [5.41, 5.74) is -3.04. The van der Waals surface area contributed by atoms with Crippen molar-refractivity contribution in [1.29, 1.82) is 5.26 Å². The van der Waals surface area contributed by atoms with Crippen molar-refractivity contribution in [2.24, 2.45) is 5.92 Å². The maximum Gasteiger partial charge on any atom is 0.417 e. The van der Waals surface area contributed by atoms with Crippen LogP contribution in [-0.4, -0.2) is 29.7 Å². The van der Waals surface area contributed by atoms with Crippen LogP contribution in [0, 0.1) is 17.2 Å². The number of esters is 1. The maximum absolute atomic E-state index is 13.3. The lowest BCUT2D eigenvalue weighted by molar-refractivity contribution is -0.142. The Morgan fingerprint density at radius 3 is 2.47 bits per heavy atom. The van der Waals surface area contributed by atoms with Crippen LogP contribution in [0.15, 0.2) is 42.5 Å². The monoisotopic (exact) mass is 474 g/mol. The van der Waals surface area contributed by atoms with Gasteiger partial charge in [-0.2, -0.15) is 18.4 Å². The van der Waals surface area contributed by atoms with E-state index in [9.17, 15) is 27.9 Å². The maximum atomic E-state index is 13.3. The molecule has 1 aliphatic carbocycles. The molecule has 0 aliphatic heterocycles. The Bertz CT molecular complexity index is 1100. The zero-order valence-electron chi connectivity index (χ0n) is 18.6. The Hall–Kier alpha value is -3.38. The van der Waals surface area contributed by atoms with E-state index in [2.05, 4.69) is 5.32 Å². The molecule has 180 valence electrons. The second-order valence-electron chi connectivity index (χ2n) is 8.45. The molecule has 34 heavy (non-hydrogen) atoms. The zero-order valence-corrected chi connectivity index (χ0v) is 18.6. The average Bonchev–Trinajstić information content (AvgIpc) is 2.83. The fourth-order valence-electron chi connectivity index (χ4n) is 4.42. The Morgan fingerprint density at radius 2 is 1.85 bits per heavy atom. The molecule has 3 rings (SSSR count). The molecule has 6 nitrogen and oxygen atoms in total. The largest absolute Gasteiger partial charge is 0.465 e. The number of carbonyl (C=O) groups excluding carboxylic acids is 2. The number of nitrogens with zero attached hydrogens (tertiary/aromatic N) is 1. The molecule has 0 radical (unpaired) electrons. The minimum atomic E-state index is -4.78. The Balaban J connectivity index is 1.94. The number of carbonyl (C=O) groups is 2. The van der Waals surface area contributed by atoms with Crippen molar-refractivity contribution in [2.45, 2.75) is 50.3 Å². The standard InChI is InChI=1S/C25H25F3N2O4/c1-34-22(31)17-7-5-6-16(12-17)14-24(33,19-8-3-2-4-9-19)23(32)30-20-11-10-18(15-29)21(13-20)25(26,27)28/h5-7,10-13,19,33H,2-4,8-9,14H2,1H3,(H,30,32). The number of halogens is 3. The first kappa shape index (κ1) is 25.2. The minimum Gasteiger partial charge on any atom is -0.465 e. The minimum absolute atomic E-state index is 0.128. The van der Waals surface area contributed by atoms with Crippen LogP contribution >= 0.6 is 0 Å². The highest BCUT2D eigenvalue weighted by Gasteiger charge is 2.44. The first-order valence-corrected chi connectivity index (χ1v) is 10.9. The van der Waals surface area contributed by atoms with Gasteiger partial charge in [0.05, 0.1) is 29.9 Å². The molecule has 0 spiro atoms. The summed E-state index contributed by atoms with van der Waals surface area (Å²) in [6.07, 6.45) is -1.13. The smallest absolute Gasteiger partial charge is 0.417 e. The molecule has 1 aliphatic rings. The molecular weight excluding hydrogens is 449 g/mol. The highest BCUT2D eigenvalue weighted by atomic mass is 19.4. The van der Waals surface area contributed by atoms with E-state index < -0.39 is 40.7 Å². The number of anilines is 1. The molecule has 0 heterocycles. The summed E-state index contributed by atoms with van der Waals surface area (Å²) in [6.45, 7) is 0.